The lowest BCUT2D eigenvalue weighted by Crippen LogP contribution is -2.20. The predicted molar refractivity (Wildman–Crippen MR) is 114 cm³/mol. The number of para-hydroxylation sites is 1. The third kappa shape index (κ3) is 3.39. The first-order chi connectivity index (χ1) is 14.6. The van der Waals surface area contributed by atoms with Gasteiger partial charge in [0.2, 0.25) is 12.7 Å². The minimum Gasteiger partial charge on any atom is -0.454 e. The fraction of sp³-hybridized carbons (Fsp3) is 0.227. The monoisotopic (exact) mass is 421 g/mol. The molecule has 2 aliphatic rings. The summed E-state index contributed by atoms with van der Waals surface area (Å²) in [6.45, 7) is 2.12. The van der Waals surface area contributed by atoms with Crippen molar-refractivity contribution in [1.82, 2.24) is 4.98 Å². The third-order valence-corrected chi connectivity index (χ3v) is 6.34. The molecule has 1 unspecified atom stereocenters. The van der Waals surface area contributed by atoms with E-state index in [4.69, 9.17) is 9.47 Å². The second-order valence-electron chi connectivity index (χ2n) is 7.25. The predicted octanol–water partition coefficient (Wildman–Crippen LogP) is 4.10. The maximum Gasteiger partial charge on any atom is 0.257 e. The lowest BCUT2D eigenvalue weighted by Gasteiger charge is -2.12. The molecule has 0 saturated heterocycles. The topological polar surface area (TPSA) is 89.6 Å². The minimum absolute atomic E-state index is 0.0676. The molecule has 1 atom stereocenters. The SMILES string of the molecule is Cc1ccccc1NC(=O)C1CCc2sc(NC(=O)c3ccc4c(c3)OCO4)nc21. The normalized spacial score (nSPS) is 16.2. The van der Waals surface area contributed by atoms with Crippen LogP contribution in [0.15, 0.2) is 42.5 Å². The van der Waals surface area contributed by atoms with Crippen molar-refractivity contribution in [3.8, 4) is 11.5 Å². The van der Waals surface area contributed by atoms with Gasteiger partial charge in [0.15, 0.2) is 16.6 Å². The molecule has 1 aromatic heterocycles. The first-order valence-electron chi connectivity index (χ1n) is 9.65. The first kappa shape index (κ1) is 18.6. The van der Waals surface area contributed by atoms with Crippen LogP contribution in [0.5, 0.6) is 11.5 Å². The molecule has 2 aromatic carbocycles. The van der Waals surface area contributed by atoms with Crippen LogP contribution in [0.25, 0.3) is 0 Å². The van der Waals surface area contributed by atoms with E-state index in [9.17, 15) is 9.59 Å². The van der Waals surface area contributed by atoms with E-state index >= 15 is 0 Å². The number of benzene rings is 2. The highest BCUT2D eigenvalue weighted by atomic mass is 32.1. The van der Waals surface area contributed by atoms with Crippen LogP contribution in [-0.4, -0.2) is 23.6 Å². The third-order valence-electron chi connectivity index (χ3n) is 5.29. The number of aryl methyl sites for hydroxylation is 2. The molecule has 2 heterocycles. The molecule has 1 aliphatic heterocycles. The van der Waals surface area contributed by atoms with Crippen molar-refractivity contribution in [3.05, 3.63) is 64.2 Å². The Bertz CT molecular complexity index is 1160. The number of thiazole rings is 1. The van der Waals surface area contributed by atoms with Crippen molar-refractivity contribution in [1.29, 1.82) is 0 Å². The number of nitrogens with zero attached hydrogens (tertiary/aromatic N) is 1. The molecule has 8 heteroatoms. The van der Waals surface area contributed by atoms with Crippen LogP contribution in [0.3, 0.4) is 0 Å². The summed E-state index contributed by atoms with van der Waals surface area (Å²) in [6.07, 6.45) is 1.50. The maximum absolute atomic E-state index is 12.8. The summed E-state index contributed by atoms with van der Waals surface area (Å²) in [5.41, 5.74) is 3.04. The van der Waals surface area contributed by atoms with Gasteiger partial charge in [0, 0.05) is 16.1 Å². The Morgan fingerprint density at radius 3 is 2.80 bits per heavy atom. The second-order valence-corrected chi connectivity index (χ2v) is 8.33. The molecule has 2 N–H and O–H groups in total. The Kier molecular flexibility index (Phi) is 4.63. The van der Waals surface area contributed by atoms with Gasteiger partial charge in [-0.05, 0) is 49.6 Å². The number of carbonyl (C=O) groups is 2. The van der Waals surface area contributed by atoms with E-state index in [0.717, 1.165) is 34.7 Å². The maximum atomic E-state index is 12.8. The van der Waals surface area contributed by atoms with E-state index in [1.807, 2.05) is 31.2 Å². The number of nitrogens with one attached hydrogen (secondary N) is 2. The van der Waals surface area contributed by atoms with Crippen LogP contribution in [0.4, 0.5) is 10.8 Å². The summed E-state index contributed by atoms with van der Waals surface area (Å²) in [4.78, 5) is 31.1. The highest BCUT2D eigenvalue weighted by Crippen LogP contribution is 2.39. The summed E-state index contributed by atoms with van der Waals surface area (Å²) < 4.78 is 10.6. The van der Waals surface area contributed by atoms with Gasteiger partial charge in [-0.1, -0.05) is 18.2 Å². The van der Waals surface area contributed by atoms with E-state index in [1.165, 1.54) is 11.3 Å². The number of hydrogen-bond donors (Lipinski definition) is 2. The average molecular weight is 421 g/mol. The zero-order valence-corrected chi connectivity index (χ0v) is 17.0. The summed E-state index contributed by atoms with van der Waals surface area (Å²) >= 11 is 1.42. The van der Waals surface area contributed by atoms with Gasteiger partial charge in [-0.15, -0.1) is 11.3 Å². The molecule has 152 valence electrons. The Morgan fingerprint density at radius 1 is 1.10 bits per heavy atom. The number of fused-ring (bicyclic) bond motifs is 2. The molecule has 0 saturated carbocycles. The van der Waals surface area contributed by atoms with E-state index in [1.54, 1.807) is 18.2 Å². The van der Waals surface area contributed by atoms with E-state index < -0.39 is 0 Å². The highest BCUT2D eigenvalue weighted by Gasteiger charge is 2.33. The molecular weight excluding hydrogens is 402 g/mol. The highest BCUT2D eigenvalue weighted by molar-refractivity contribution is 7.16. The number of carbonyl (C=O) groups excluding carboxylic acids is 2. The Hall–Kier alpha value is -3.39. The number of anilines is 2. The Balaban J connectivity index is 1.30. The molecular formula is C22H19N3O4S. The standard InChI is InChI=1S/C22H19N3O4S/c1-12-4-2-3-5-15(12)23-21(27)14-7-9-18-19(14)24-22(30-18)25-20(26)13-6-8-16-17(10-13)29-11-28-16/h2-6,8,10,14H,7,9,11H2,1H3,(H,23,27)(H,24,25,26). The summed E-state index contributed by atoms with van der Waals surface area (Å²) in [7, 11) is 0. The molecule has 3 aromatic rings. The summed E-state index contributed by atoms with van der Waals surface area (Å²) in [6, 6.07) is 12.7. The van der Waals surface area contributed by atoms with Gasteiger partial charge in [-0.25, -0.2) is 4.98 Å². The molecule has 0 radical (unpaired) electrons. The Labute approximate surface area is 177 Å². The zero-order chi connectivity index (χ0) is 20.7. The van der Waals surface area contributed by atoms with Gasteiger partial charge in [-0.2, -0.15) is 0 Å². The van der Waals surface area contributed by atoms with E-state index in [2.05, 4.69) is 15.6 Å². The quantitative estimate of drug-likeness (QED) is 0.662. The van der Waals surface area contributed by atoms with Crippen LogP contribution in [-0.2, 0) is 11.2 Å². The largest absolute Gasteiger partial charge is 0.454 e. The van der Waals surface area contributed by atoms with Gasteiger partial charge in [0.25, 0.3) is 5.91 Å². The molecule has 0 fully saturated rings. The number of rotatable bonds is 4. The number of ether oxygens (including phenoxy) is 2. The molecule has 5 rings (SSSR count). The van der Waals surface area contributed by atoms with Crippen LogP contribution in [0.1, 0.15) is 38.8 Å². The average Bonchev–Trinajstić information content (AvgIpc) is 3.44. The number of hydrogen-bond acceptors (Lipinski definition) is 6. The van der Waals surface area contributed by atoms with Crippen molar-refractivity contribution >= 4 is 34.0 Å². The molecule has 0 bridgehead atoms. The van der Waals surface area contributed by atoms with Crippen molar-refractivity contribution in [2.24, 2.45) is 0 Å². The summed E-state index contributed by atoms with van der Waals surface area (Å²) in [5.74, 6) is 0.523. The molecule has 2 amide bonds. The van der Waals surface area contributed by atoms with E-state index in [0.29, 0.717) is 22.2 Å². The van der Waals surface area contributed by atoms with Crippen molar-refractivity contribution in [2.45, 2.75) is 25.7 Å². The van der Waals surface area contributed by atoms with Gasteiger partial charge < -0.3 is 14.8 Å². The summed E-state index contributed by atoms with van der Waals surface area (Å²) in [5, 5.41) is 6.34. The molecule has 0 spiro atoms. The molecule has 7 nitrogen and oxygen atoms in total. The minimum atomic E-state index is -0.313. The van der Waals surface area contributed by atoms with Crippen LogP contribution in [0, 0.1) is 6.92 Å². The first-order valence-corrected chi connectivity index (χ1v) is 10.5. The van der Waals surface area contributed by atoms with Gasteiger partial charge in [-0.3, -0.25) is 14.9 Å². The van der Waals surface area contributed by atoms with E-state index in [-0.39, 0.29) is 24.5 Å². The van der Waals surface area contributed by atoms with Crippen LogP contribution in [0.2, 0.25) is 0 Å². The smallest absolute Gasteiger partial charge is 0.257 e. The van der Waals surface area contributed by atoms with Gasteiger partial charge in [0.05, 0.1) is 11.6 Å². The van der Waals surface area contributed by atoms with Gasteiger partial charge >= 0.3 is 0 Å². The van der Waals surface area contributed by atoms with Crippen molar-refractivity contribution < 1.29 is 19.1 Å². The molecule has 1 aliphatic carbocycles. The van der Waals surface area contributed by atoms with Crippen LogP contribution < -0.4 is 20.1 Å². The van der Waals surface area contributed by atoms with Crippen molar-refractivity contribution in [3.63, 3.8) is 0 Å². The van der Waals surface area contributed by atoms with Crippen LogP contribution >= 0.6 is 11.3 Å². The van der Waals surface area contributed by atoms with Crippen molar-refractivity contribution in [2.75, 3.05) is 17.4 Å². The fourth-order valence-electron chi connectivity index (χ4n) is 3.68. The molecule has 30 heavy (non-hydrogen) atoms. The Morgan fingerprint density at radius 2 is 1.93 bits per heavy atom. The zero-order valence-electron chi connectivity index (χ0n) is 16.2. The van der Waals surface area contributed by atoms with Gasteiger partial charge in [0.1, 0.15) is 0 Å². The second kappa shape index (κ2) is 7.46. The lowest BCUT2D eigenvalue weighted by molar-refractivity contribution is -0.117. The number of amides is 2. The number of aromatic nitrogens is 1. The lowest BCUT2D eigenvalue weighted by atomic mass is 10.1. The fourth-order valence-corrected chi connectivity index (χ4v) is 4.71.